The number of rotatable bonds is 9. The summed E-state index contributed by atoms with van der Waals surface area (Å²) in [6.45, 7) is 2.88. The van der Waals surface area contributed by atoms with Crippen molar-refractivity contribution in [3.63, 3.8) is 0 Å². The minimum Gasteiger partial charge on any atom is -0.485 e. The van der Waals surface area contributed by atoms with Crippen LogP contribution in [0.4, 0.5) is 0 Å². The van der Waals surface area contributed by atoms with Crippen LogP contribution >= 0.6 is 0 Å². The Hall–Kier alpha value is -3.72. The zero-order valence-corrected chi connectivity index (χ0v) is 19.2. The molecule has 1 atom stereocenters. The summed E-state index contributed by atoms with van der Waals surface area (Å²) in [5, 5.41) is 14.8. The number of aromatic amines is 1. The van der Waals surface area contributed by atoms with Gasteiger partial charge in [-0.3, -0.25) is 9.69 Å². The maximum absolute atomic E-state index is 13.2. The van der Waals surface area contributed by atoms with Gasteiger partial charge in [-0.2, -0.15) is 5.21 Å². The first kappa shape index (κ1) is 22.1. The smallest absolute Gasteiger partial charge is 0.226 e. The zero-order valence-electron chi connectivity index (χ0n) is 19.2. The van der Waals surface area contributed by atoms with E-state index in [4.69, 9.17) is 9.15 Å². The number of ether oxygens (including phenoxy) is 1. The molecule has 176 valence electrons. The van der Waals surface area contributed by atoms with E-state index in [0.717, 1.165) is 40.9 Å². The zero-order chi connectivity index (χ0) is 23.3. The van der Waals surface area contributed by atoms with Crippen LogP contribution in [-0.2, 0) is 17.8 Å². The van der Waals surface area contributed by atoms with Crippen LogP contribution < -0.4 is 4.74 Å². The van der Waals surface area contributed by atoms with Gasteiger partial charge < -0.3 is 14.1 Å². The number of nitrogens with zero attached hydrogens (tertiary/aromatic N) is 5. The van der Waals surface area contributed by atoms with E-state index in [1.807, 2.05) is 54.4 Å². The van der Waals surface area contributed by atoms with Gasteiger partial charge in [0.25, 0.3) is 0 Å². The molecular weight excluding hydrogens is 432 g/mol. The normalized spacial score (nSPS) is 15.0. The molecule has 0 saturated carbocycles. The Morgan fingerprint density at radius 3 is 2.88 bits per heavy atom. The van der Waals surface area contributed by atoms with Crippen molar-refractivity contribution < 1.29 is 13.9 Å². The number of amides is 1. The molecule has 4 aromatic rings. The standard InChI is InChI=1S/C25H28N6O3/c1-30(25(32)14-19-16-34-23-10-3-2-9-21(19)23)15-22(31-11-4-5-12-31)18-7-6-8-20(13-18)33-17-24-26-28-29-27-24/h2-3,6-10,13,16,22H,4-5,11-12,14-15,17H2,1H3,(H,26,27,28,29). The Labute approximate surface area is 197 Å². The number of likely N-dealkylation sites (N-methyl/N-ethyl adjacent to an activating group) is 1. The molecule has 2 aromatic carbocycles. The molecule has 1 amide bonds. The van der Waals surface area contributed by atoms with Crippen LogP contribution in [0.1, 0.15) is 35.8 Å². The van der Waals surface area contributed by atoms with Gasteiger partial charge >= 0.3 is 0 Å². The van der Waals surface area contributed by atoms with Crippen molar-refractivity contribution in [2.45, 2.75) is 31.9 Å². The lowest BCUT2D eigenvalue weighted by atomic mass is 10.0. The van der Waals surface area contributed by atoms with Crippen molar-refractivity contribution in [1.82, 2.24) is 30.4 Å². The van der Waals surface area contributed by atoms with Gasteiger partial charge in [-0.1, -0.05) is 35.5 Å². The number of benzene rings is 2. The molecule has 34 heavy (non-hydrogen) atoms. The fourth-order valence-electron chi connectivity index (χ4n) is 4.52. The summed E-state index contributed by atoms with van der Waals surface area (Å²) < 4.78 is 11.5. The summed E-state index contributed by atoms with van der Waals surface area (Å²) in [4.78, 5) is 17.4. The summed E-state index contributed by atoms with van der Waals surface area (Å²) in [5.74, 6) is 1.31. The Morgan fingerprint density at radius 2 is 2.06 bits per heavy atom. The summed E-state index contributed by atoms with van der Waals surface area (Å²) in [6.07, 6.45) is 4.35. The van der Waals surface area contributed by atoms with Crippen molar-refractivity contribution >= 4 is 16.9 Å². The topological polar surface area (TPSA) is 100 Å². The lowest BCUT2D eigenvalue weighted by Crippen LogP contribution is -2.38. The lowest BCUT2D eigenvalue weighted by Gasteiger charge is -2.32. The van der Waals surface area contributed by atoms with Gasteiger partial charge in [-0.25, -0.2) is 0 Å². The third kappa shape index (κ3) is 4.94. The Morgan fingerprint density at radius 1 is 1.21 bits per heavy atom. The van der Waals surface area contributed by atoms with Crippen molar-refractivity contribution in [1.29, 1.82) is 0 Å². The van der Waals surface area contributed by atoms with Gasteiger partial charge in [0.05, 0.1) is 18.7 Å². The van der Waals surface area contributed by atoms with E-state index in [2.05, 4.69) is 31.6 Å². The third-order valence-corrected chi connectivity index (χ3v) is 6.36. The Bertz CT molecular complexity index is 1230. The maximum Gasteiger partial charge on any atom is 0.226 e. The summed E-state index contributed by atoms with van der Waals surface area (Å²) in [5.41, 5.74) is 2.85. The molecule has 1 saturated heterocycles. The second-order valence-corrected chi connectivity index (χ2v) is 8.66. The second-order valence-electron chi connectivity index (χ2n) is 8.66. The molecule has 1 aliphatic rings. The van der Waals surface area contributed by atoms with Crippen molar-refractivity contribution in [2.24, 2.45) is 0 Å². The minimum atomic E-state index is 0.0697. The number of likely N-dealkylation sites (tertiary alicyclic amines) is 1. The van der Waals surface area contributed by atoms with E-state index in [0.29, 0.717) is 18.8 Å². The maximum atomic E-state index is 13.2. The van der Waals surface area contributed by atoms with Crippen LogP contribution in [0, 0.1) is 0 Å². The van der Waals surface area contributed by atoms with Crippen LogP contribution in [0.15, 0.2) is 59.2 Å². The average Bonchev–Trinajstić information content (AvgIpc) is 3.64. The van der Waals surface area contributed by atoms with Gasteiger partial charge in [0.2, 0.25) is 11.7 Å². The number of hydrogen-bond donors (Lipinski definition) is 1. The third-order valence-electron chi connectivity index (χ3n) is 6.36. The molecule has 1 unspecified atom stereocenters. The largest absolute Gasteiger partial charge is 0.485 e. The number of carbonyl (C=O) groups excluding carboxylic acids is 1. The fourth-order valence-corrected chi connectivity index (χ4v) is 4.52. The number of carbonyl (C=O) groups is 1. The monoisotopic (exact) mass is 460 g/mol. The number of hydrogen-bond acceptors (Lipinski definition) is 7. The Balaban J connectivity index is 1.30. The van der Waals surface area contributed by atoms with E-state index in [1.165, 1.54) is 12.8 Å². The van der Waals surface area contributed by atoms with Crippen LogP contribution in [0.25, 0.3) is 11.0 Å². The highest BCUT2D eigenvalue weighted by atomic mass is 16.5. The van der Waals surface area contributed by atoms with E-state index in [1.54, 1.807) is 6.26 Å². The highest BCUT2D eigenvalue weighted by molar-refractivity contribution is 5.87. The molecule has 1 N–H and O–H groups in total. The van der Waals surface area contributed by atoms with Crippen LogP contribution in [0.2, 0.25) is 0 Å². The van der Waals surface area contributed by atoms with Gasteiger partial charge in [-0.15, -0.1) is 10.2 Å². The lowest BCUT2D eigenvalue weighted by molar-refractivity contribution is -0.129. The second kappa shape index (κ2) is 10.0. The fraction of sp³-hybridized carbons (Fsp3) is 0.360. The van der Waals surface area contributed by atoms with Gasteiger partial charge in [-0.05, 0) is 49.7 Å². The molecule has 0 radical (unpaired) electrons. The number of aromatic nitrogens is 4. The number of para-hydroxylation sites is 1. The van der Waals surface area contributed by atoms with E-state index >= 15 is 0 Å². The van der Waals surface area contributed by atoms with E-state index in [9.17, 15) is 4.79 Å². The van der Waals surface area contributed by atoms with Crippen LogP contribution in [0.3, 0.4) is 0 Å². The number of furan rings is 1. The molecule has 9 heteroatoms. The highest BCUT2D eigenvalue weighted by Gasteiger charge is 2.27. The first-order valence-electron chi connectivity index (χ1n) is 11.6. The number of fused-ring (bicyclic) bond motifs is 1. The molecule has 0 aliphatic carbocycles. The molecule has 2 aromatic heterocycles. The molecule has 5 rings (SSSR count). The molecule has 0 spiro atoms. The molecule has 0 bridgehead atoms. The number of tetrazole rings is 1. The predicted molar refractivity (Wildman–Crippen MR) is 126 cm³/mol. The molecule has 1 fully saturated rings. The van der Waals surface area contributed by atoms with Crippen LogP contribution in [-0.4, -0.2) is 63.0 Å². The highest BCUT2D eigenvalue weighted by Crippen LogP contribution is 2.29. The SMILES string of the molecule is CN(CC(c1cccc(OCc2nn[nH]n2)c1)N1CCCC1)C(=O)Cc1coc2ccccc12. The summed E-state index contributed by atoms with van der Waals surface area (Å²) in [6, 6.07) is 16.0. The van der Waals surface area contributed by atoms with Gasteiger partial charge in [0, 0.05) is 24.5 Å². The summed E-state index contributed by atoms with van der Waals surface area (Å²) >= 11 is 0. The Kier molecular flexibility index (Phi) is 6.53. The van der Waals surface area contributed by atoms with Crippen LogP contribution in [0.5, 0.6) is 5.75 Å². The molecule has 9 nitrogen and oxygen atoms in total. The predicted octanol–water partition coefficient (Wildman–Crippen LogP) is 3.36. The quantitative estimate of drug-likeness (QED) is 0.409. The van der Waals surface area contributed by atoms with Gasteiger partial charge in [0.15, 0.2) is 6.61 Å². The van der Waals surface area contributed by atoms with E-state index < -0.39 is 0 Å². The molecule has 3 heterocycles. The van der Waals surface area contributed by atoms with Crippen molar-refractivity contribution in [3.05, 3.63) is 71.7 Å². The average molecular weight is 461 g/mol. The number of nitrogens with one attached hydrogen (secondary N) is 1. The number of H-pyrrole nitrogens is 1. The van der Waals surface area contributed by atoms with Crippen molar-refractivity contribution in [3.8, 4) is 5.75 Å². The first-order chi connectivity index (χ1) is 16.7. The van der Waals surface area contributed by atoms with E-state index in [-0.39, 0.29) is 18.6 Å². The molecule has 1 aliphatic heterocycles. The summed E-state index contributed by atoms with van der Waals surface area (Å²) in [7, 11) is 1.88. The molecular formula is C25H28N6O3. The van der Waals surface area contributed by atoms with Crippen molar-refractivity contribution in [2.75, 3.05) is 26.7 Å². The first-order valence-corrected chi connectivity index (χ1v) is 11.6. The van der Waals surface area contributed by atoms with Gasteiger partial charge in [0.1, 0.15) is 11.3 Å². The minimum absolute atomic E-state index is 0.0697.